The molecule has 1 aromatic carbocycles. The zero-order valence-corrected chi connectivity index (χ0v) is 11.3. The van der Waals surface area contributed by atoms with Gasteiger partial charge in [-0.2, -0.15) is 0 Å². The van der Waals surface area contributed by atoms with Crippen molar-refractivity contribution in [3.05, 3.63) is 40.8 Å². The SMILES string of the molecule is CCn1c(-c2ccccc2)nn(C)c1=O.CNC. The van der Waals surface area contributed by atoms with Crippen molar-refractivity contribution < 1.29 is 0 Å². The molecule has 5 nitrogen and oxygen atoms in total. The number of aromatic nitrogens is 3. The van der Waals surface area contributed by atoms with Gasteiger partial charge < -0.3 is 5.32 Å². The highest BCUT2D eigenvalue weighted by Gasteiger charge is 2.10. The maximum atomic E-state index is 11.7. The van der Waals surface area contributed by atoms with Gasteiger partial charge in [0.1, 0.15) is 0 Å². The summed E-state index contributed by atoms with van der Waals surface area (Å²) in [6.07, 6.45) is 0. The molecular weight excluding hydrogens is 228 g/mol. The van der Waals surface area contributed by atoms with Crippen LogP contribution >= 0.6 is 0 Å². The van der Waals surface area contributed by atoms with Crippen LogP contribution in [0.4, 0.5) is 0 Å². The first kappa shape index (κ1) is 14.2. The molecule has 1 N–H and O–H groups in total. The molecule has 1 aromatic heterocycles. The topological polar surface area (TPSA) is 51.9 Å². The van der Waals surface area contributed by atoms with E-state index in [0.717, 1.165) is 11.4 Å². The average molecular weight is 248 g/mol. The molecule has 0 saturated carbocycles. The van der Waals surface area contributed by atoms with Crippen molar-refractivity contribution in [2.45, 2.75) is 13.5 Å². The van der Waals surface area contributed by atoms with E-state index in [1.165, 1.54) is 4.68 Å². The maximum absolute atomic E-state index is 11.7. The molecule has 98 valence electrons. The Bertz CT molecular complexity index is 528. The van der Waals surface area contributed by atoms with Gasteiger partial charge in [0.15, 0.2) is 5.82 Å². The summed E-state index contributed by atoms with van der Waals surface area (Å²) in [6, 6.07) is 9.73. The summed E-state index contributed by atoms with van der Waals surface area (Å²) in [5, 5.41) is 6.97. The molecule has 0 radical (unpaired) electrons. The second-order valence-corrected chi connectivity index (χ2v) is 3.84. The monoisotopic (exact) mass is 248 g/mol. The molecule has 0 unspecified atom stereocenters. The van der Waals surface area contributed by atoms with Crippen LogP contribution in [0.2, 0.25) is 0 Å². The predicted octanol–water partition coefficient (Wildman–Crippen LogP) is 1.10. The lowest BCUT2D eigenvalue weighted by Gasteiger charge is -2.00. The van der Waals surface area contributed by atoms with E-state index in [2.05, 4.69) is 10.4 Å². The first-order valence-corrected chi connectivity index (χ1v) is 5.93. The normalized spacial score (nSPS) is 9.78. The number of hydrogen-bond acceptors (Lipinski definition) is 3. The number of nitrogens with zero attached hydrogens (tertiary/aromatic N) is 3. The minimum atomic E-state index is -0.0728. The molecule has 2 rings (SSSR count). The summed E-state index contributed by atoms with van der Waals surface area (Å²) < 4.78 is 3.03. The molecular formula is C13H20N4O. The van der Waals surface area contributed by atoms with Gasteiger partial charge in [-0.05, 0) is 21.0 Å². The van der Waals surface area contributed by atoms with Crippen LogP contribution < -0.4 is 11.0 Å². The molecule has 5 heteroatoms. The molecule has 0 saturated heterocycles. The van der Waals surface area contributed by atoms with Crippen LogP contribution in [-0.4, -0.2) is 28.4 Å². The largest absolute Gasteiger partial charge is 0.345 e. The van der Waals surface area contributed by atoms with Crippen molar-refractivity contribution in [3.8, 4) is 11.4 Å². The highest BCUT2D eigenvalue weighted by molar-refractivity contribution is 5.54. The predicted molar refractivity (Wildman–Crippen MR) is 73.6 cm³/mol. The average Bonchev–Trinajstić information content (AvgIpc) is 2.67. The summed E-state index contributed by atoms with van der Waals surface area (Å²) in [6.45, 7) is 2.58. The molecule has 1 heterocycles. The highest BCUT2D eigenvalue weighted by atomic mass is 16.2. The fourth-order valence-electron chi connectivity index (χ4n) is 1.59. The van der Waals surface area contributed by atoms with Gasteiger partial charge in [0.25, 0.3) is 0 Å². The lowest BCUT2D eigenvalue weighted by Crippen LogP contribution is -2.22. The van der Waals surface area contributed by atoms with E-state index in [1.807, 2.05) is 51.4 Å². The summed E-state index contributed by atoms with van der Waals surface area (Å²) in [5.74, 6) is 0.727. The number of nitrogens with one attached hydrogen (secondary N) is 1. The van der Waals surface area contributed by atoms with Crippen LogP contribution in [0.5, 0.6) is 0 Å². The van der Waals surface area contributed by atoms with E-state index in [9.17, 15) is 4.79 Å². The van der Waals surface area contributed by atoms with Gasteiger partial charge in [0.05, 0.1) is 0 Å². The van der Waals surface area contributed by atoms with E-state index in [-0.39, 0.29) is 5.69 Å². The maximum Gasteiger partial charge on any atom is 0.345 e. The fraction of sp³-hybridized carbons (Fsp3) is 0.385. The zero-order valence-electron chi connectivity index (χ0n) is 11.3. The van der Waals surface area contributed by atoms with E-state index in [0.29, 0.717) is 6.54 Å². The smallest absolute Gasteiger partial charge is 0.323 e. The highest BCUT2D eigenvalue weighted by Crippen LogP contribution is 2.14. The molecule has 0 atom stereocenters. The third kappa shape index (κ3) is 3.07. The molecule has 0 bridgehead atoms. The summed E-state index contributed by atoms with van der Waals surface area (Å²) in [5.41, 5.74) is 0.897. The quantitative estimate of drug-likeness (QED) is 0.866. The van der Waals surface area contributed by atoms with Gasteiger partial charge in [-0.15, -0.1) is 5.10 Å². The summed E-state index contributed by atoms with van der Waals surface area (Å²) in [7, 11) is 5.42. The van der Waals surface area contributed by atoms with E-state index >= 15 is 0 Å². The second-order valence-electron chi connectivity index (χ2n) is 3.84. The van der Waals surface area contributed by atoms with Crippen LogP contribution in [0, 0.1) is 0 Å². The lowest BCUT2D eigenvalue weighted by atomic mass is 10.2. The molecule has 0 spiro atoms. The van der Waals surface area contributed by atoms with E-state index < -0.39 is 0 Å². The van der Waals surface area contributed by atoms with Crippen LogP contribution in [0.3, 0.4) is 0 Å². The van der Waals surface area contributed by atoms with Crippen molar-refractivity contribution in [2.75, 3.05) is 14.1 Å². The lowest BCUT2D eigenvalue weighted by molar-refractivity contribution is 0.678. The van der Waals surface area contributed by atoms with Crippen molar-refractivity contribution in [3.63, 3.8) is 0 Å². The molecule has 0 fully saturated rings. The third-order valence-electron chi connectivity index (χ3n) is 2.36. The molecule has 0 aliphatic carbocycles. The van der Waals surface area contributed by atoms with Crippen LogP contribution in [0.25, 0.3) is 11.4 Å². The van der Waals surface area contributed by atoms with Gasteiger partial charge in [-0.3, -0.25) is 4.57 Å². The number of benzene rings is 1. The molecule has 2 aromatic rings. The first-order valence-electron chi connectivity index (χ1n) is 5.93. The first-order chi connectivity index (χ1) is 8.65. The Kier molecular flexibility index (Phi) is 5.32. The Labute approximate surface area is 107 Å². The second kappa shape index (κ2) is 6.76. The van der Waals surface area contributed by atoms with Crippen LogP contribution in [0.1, 0.15) is 6.92 Å². The summed E-state index contributed by atoms with van der Waals surface area (Å²) in [4.78, 5) is 11.7. The number of aryl methyl sites for hydroxylation is 1. The van der Waals surface area contributed by atoms with Gasteiger partial charge in [-0.25, -0.2) is 9.48 Å². The minimum absolute atomic E-state index is 0.0728. The van der Waals surface area contributed by atoms with Crippen molar-refractivity contribution in [1.29, 1.82) is 0 Å². The molecule has 0 aliphatic rings. The van der Waals surface area contributed by atoms with Crippen molar-refractivity contribution in [1.82, 2.24) is 19.7 Å². The number of hydrogen-bond donors (Lipinski definition) is 1. The van der Waals surface area contributed by atoms with Gasteiger partial charge in [-0.1, -0.05) is 30.3 Å². The van der Waals surface area contributed by atoms with E-state index in [4.69, 9.17) is 0 Å². The van der Waals surface area contributed by atoms with Gasteiger partial charge in [0, 0.05) is 19.2 Å². The minimum Gasteiger partial charge on any atom is -0.323 e. The fourth-order valence-corrected chi connectivity index (χ4v) is 1.59. The summed E-state index contributed by atoms with van der Waals surface area (Å²) >= 11 is 0. The standard InChI is InChI=1S/C11H13N3O.C2H7N/c1-3-14-10(12-13(2)11(14)15)9-7-5-4-6-8-9;1-3-2/h4-8H,3H2,1-2H3;3H,1-2H3. The Morgan fingerprint density at radius 1 is 1.22 bits per heavy atom. The molecule has 0 amide bonds. The third-order valence-corrected chi connectivity index (χ3v) is 2.36. The molecule has 18 heavy (non-hydrogen) atoms. The van der Waals surface area contributed by atoms with E-state index in [1.54, 1.807) is 11.6 Å². The van der Waals surface area contributed by atoms with Crippen molar-refractivity contribution >= 4 is 0 Å². The van der Waals surface area contributed by atoms with Crippen LogP contribution in [-0.2, 0) is 13.6 Å². The Balaban J connectivity index is 0.000000492. The van der Waals surface area contributed by atoms with Crippen molar-refractivity contribution in [2.24, 2.45) is 7.05 Å². The van der Waals surface area contributed by atoms with Gasteiger partial charge >= 0.3 is 5.69 Å². The van der Waals surface area contributed by atoms with Gasteiger partial charge in [0.2, 0.25) is 0 Å². The Morgan fingerprint density at radius 2 is 1.78 bits per heavy atom. The molecule has 0 aliphatic heterocycles. The van der Waals surface area contributed by atoms with Crippen LogP contribution in [0.15, 0.2) is 35.1 Å². The Morgan fingerprint density at radius 3 is 2.28 bits per heavy atom. The zero-order chi connectivity index (χ0) is 13.5. The Hall–Kier alpha value is -1.88. The number of rotatable bonds is 2.